The number of aromatic nitrogens is 3. The largest absolute Gasteiger partial charge is 0.370 e. The number of primary amides is 1. The molecule has 6 heteroatoms. The molecule has 1 saturated heterocycles. The van der Waals surface area contributed by atoms with E-state index in [2.05, 4.69) is 21.8 Å². The van der Waals surface area contributed by atoms with Gasteiger partial charge in [0.2, 0.25) is 5.91 Å². The van der Waals surface area contributed by atoms with Crippen molar-refractivity contribution in [1.29, 1.82) is 0 Å². The van der Waals surface area contributed by atoms with Crippen LogP contribution < -0.4 is 10.6 Å². The van der Waals surface area contributed by atoms with Crippen molar-refractivity contribution in [3.05, 3.63) is 36.2 Å². The Morgan fingerprint density at radius 3 is 2.96 bits per heavy atom. The van der Waals surface area contributed by atoms with E-state index < -0.39 is 0 Å². The Hall–Kier alpha value is -2.50. The highest BCUT2D eigenvalue weighted by atomic mass is 16.1. The molecule has 1 aliphatic heterocycles. The maximum atomic E-state index is 11.2. The van der Waals surface area contributed by atoms with Crippen molar-refractivity contribution in [1.82, 2.24) is 15.0 Å². The fraction of sp³-hybridized carbons (Fsp3) is 0.444. The molecule has 0 radical (unpaired) electrons. The van der Waals surface area contributed by atoms with Gasteiger partial charge in [0.25, 0.3) is 0 Å². The van der Waals surface area contributed by atoms with Crippen LogP contribution in [0.2, 0.25) is 0 Å². The summed E-state index contributed by atoms with van der Waals surface area (Å²) >= 11 is 0. The number of nitrogens with two attached hydrogens (primary N) is 1. The molecule has 24 heavy (non-hydrogen) atoms. The van der Waals surface area contributed by atoms with Gasteiger partial charge in [-0.3, -0.25) is 9.78 Å². The van der Waals surface area contributed by atoms with E-state index in [4.69, 9.17) is 10.7 Å². The number of hydrogen-bond acceptors (Lipinski definition) is 5. The third kappa shape index (κ3) is 3.88. The number of aryl methyl sites for hydroxylation is 1. The first kappa shape index (κ1) is 16.4. The van der Waals surface area contributed by atoms with E-state index in [1.807, 2.05) is 24.3 Å². The van der Waals surface area contributed by atoms with Gasteiger partial charge in [0.05, 0.1) is 0 Å². The van der Waals surface area contributed by atoms with Gasteiger partial charge in [-0.05, 0) is 37.3 Å². The number of pyridine rings is 1. The fourth-order valence-electron chi connectivity index (χ4n) is 3.16. The molecule has 1 amide bonds. The first-order chi connectivity index (χ1) is 11.7. The highest BCUT2D eigenvalue weighted by Gasteiger charge is 2.23. The van der Waals surface area contributed by atoms with Gasteiger partial charge in [-0.25, -0.2) is 9.97 Å². The molecule has 1 unspecified atom stereocenters. The maximum absolute atomic E-state index is 11.2. The molecule has 0 aliphatic carbocycles. The van der Waals surface area contributed by atoms with Crippen LogP contribution in [0, 0.1) is 5.92 Å². The number of nitrogens with zero attached hydrogens (tertiary/aromatic N) is 4. The molecule has 0 bridgehead atoms. The predicted molar refractivity (Wildman–Crippen MR) is 93.4 cm³/mol. The van der Waals surface area contributed by atoms with Crippen LogP contribution in [-0.2, 0) is 11.2 Å². The van der Waals surface area contributed by atoms with E-state index in [9.17, 15) is 4.79 Å². The molecule has 0 saturated carbocycles. The zero-order valence-electron chi connectivity index (χ0n) is 14.0. The van der Waals surface area contributed by atoms with Crippen molar-refractivity contribution in [2.75, 3.05) is 18.0 Å². The number of anilines is 1. The van der Waals surface area contributed by atoms with Gasteiger partial charge < -0.3 is 10.6 Å². The molecule has 0 spiro atoms. The van der Waals surface area contributed by atoms with Crippen molar-refractivity contribution >= 4 is 11.7 Å². The van der Waals surface area contributed by atoms with Gasteiger partial charge >= 0.3 is 0 Å². The second-order valence-electron chi connectivity index (χ2n) is 6.23. The summed E-state index contributed by atoms with van der Waals surface area (Å²) in [5, 5.41) is 0. The lowest BCUT2D eigenvalue weighted by molar-refractivity contribution is -0.118. The second kappa shape index (κ2) is 7.38. The van der Waals surface area contributed by atoms with Crippen molar-refractivity contribution < 1.29 is 4.79 Å². The Balaban J connectivity index is 1.88. The molecule has 3 heterocycles. The SMILES string of the molecule is CCc1cc(N2CCCC(CC(N)=O)C2)nc(-c2ccccn2)n1. The monoisotopic (exact) mass is 325 g/mol. The third-order valence-corrected chi connectivity index (χ3v) is 4.35. The number of carbonyl (C=O) groups excluding carboxylic acids is 1. The van der Waals surface area contributed by atoms with Gasteiger partial charge in [0.15, 0.2) is 5.82 Å². The molecule has 2 aromatic heterocycles. The molecule has 1 atom stereocenters. The fourth-order valence-corrected chi connectivity index (χ4v) is 3.16. The van der Waals surface area contributed by atoms with E-state index in [1.54, 1.807) is 6.20 Å². The molecule has 1 fully saturated rings. The lowest BCUT2D eigenvalue weighted by Crippen LogP contribution is -2.37. The minimum absolute atomic E-state index is 0.229. The van der Waals surface area contributed by atoms with Crippen LogP contribution in [0.1, 0.15) is 31.9 Å². The molecular weight excluding hydrogens is 302 g/mol. The smallest absolute Gasteiger partial charge is 0.217 e. The van der Waals surface area contributed by atoms with Crippen molar-refractivity contribution in [2.24, 2.45) is 11.7 Å². The topological polar surface area (TPSA) is 85.0 Å². The Kier molecular flexibility index (Phi) is 5.03. The summed E-state index contributed by atoms with van der Waals surface area (Å²) in [5.74, 6) is 1.64. The van der Waals surface area contributed by atoms with Gasteiger partial charge in [0, 0.05) is 37.5 Å². The minimum atomic E-state index is -0.229. The predicted octanol–water partition coefficient (Wildman–Crippen LogP) is 2.19. The lowest BCUT2D eigenvalue weighted by Gasteiger charge is -2.33. The van der Waals surface area contributed by atoms with E-state index in [-0.39, 0.29) is 5.91 Å². The Bertz CT molecular complexity index is 704. The highest BCUT2D eigenvalue weighted by Crippen LogP contribution is 2.25. The zero-order chi connectivity index (χ0) is 16.9. The standard InChI is InChI=1S/C18H23N5O/c1-2-14-11-17(22-18(21-14)15-7-3-4-8-20-15)23-9-5-6-13(12-23)10-16(19)24/h3-4,7-8,11,13H,2,5-6,9-10,12H2,1H3,(H2,19,24). The summed E-state index contributed by atoms with van der Waals surface area (Å²) in [7, 11) is 0. The summed E-state index contributed by atoms with van der Waals surface area (Å²) in [6, 6.07) is 7.78. The highest BCUT2D eigenvalue weighted by molar-refractivity contribution is 5.74. The minimum Gasteiger partial charge on any atom is -0.370 e. The molecule has 3 rings (SSSR count). The maximum Gasteiger partial charge on any atom is 0.217 e. The Morgan fingerprint density at radius 1 is 1.38 bits per heavy atom. The third-order valence-electron chi connectivity index (χ3n) is 4.35. The molecule has 1 aliphatic rings. The number of piperidine rings is 1. The van der Waals surface area contributed by atoms with E-state index >= 15 is 0 Å². The molecule has 2 N–H and O–H groups in total. The Labute approximate surface area is 142 Å². The molecule has 2 aromatic rings. The van der Waals surface area contributed by atoms with Gasteiger partial charge in [0.1, 0.15) is 11.5 Å². The van der Waals surface area contributed by atoms with E-state index in [0.29, 0.717) is 18.2 Å². The van der Waals surface area contributed by atoms with Crippen LogP contribution in [0.5, 0.6) is 0 Å². The van der Waals surface area contributed by atoms with Crippen LogP contribution in [-0.4, -0.2) is 33.9 Å². The molecule has 6 nitrogen and oxygen atoms in total. The summed E-state index contributed by atoms with van der Waals surface area (Å²) in [4.78, 5) is 27.2. The average molecular weight is 325 g/mol. The molecular formula is C18H23N5O. The van der Waals surface area contributed by atoms with Crippen molar-refractivity contribution in [2.45, 2.75) is 32.6 Å². The quantitative estimate of drug-likeness (QED) is 0.911. The van der Waals surface area contributed by atoms with E-state index in [1.165, 1.54) is 0 Å². The van der Waals surface area contributed by atoms with Crippen LogP contribution >= 0.6 is 0 Å². The van der Waals surface area contributed by atoms with Gasteiger partial charge in [-0.2, -0.15) is 0 Å². The number of rotatable bonds is 5. The first-order valence-electron chi connectivity index (χ1n) is 8.48. The molecule has 126 valence electrons. The second-order valence-corrected chi connectivity index (χ2v) is 6.23. The summed E-state index contributed by atoms with van der Waals surface area (Å²) in [5.41, 5.74) is 7.14. The van der Waals surface area contributed by atoms with Crippen LogP contribution in [0.15, 0.2) is 30.5 Å². The summed E-state index contributed by atoms with van der Waals surface area (Å²) in [6.07, 6.45) is 5.12. The van der Waals surface area contributed by atoms with Crippen LogP contribution in [0.25, 0.3) is 11.5 Å². The lowest BCUT2D eigenvalue weighted by atomic mass is 9.94. The average Bonchev–Trinajstić information content (AvgIpc) is 2.61. The first-order valence-corrected chi connectivity index (χ1v) is 8.48. The van der Waals surface area contributed by atoms with E-state index in [0.717, 1.165) is 49.6 Å². The number of amides is 1. The zero-order valence-corrected chi connectivity index (χ0v) is 14.0. The van der Waals surface area contributed by atoms with Crippen LogP contribution in [0.3, 0.4) is 0 Å². The van der Waals surface area contributed by atoms with Crippen molar-refractivity contribution in [3.8, 4) is 11.5 Å². The normalized spacial score (nSPS) is 17.7. The number of carbonyl (C=O) groups is 1. The summed E-state index contributed by atoms with van der Waals surface area (Å²) in [6.45, 7) is 3.84. The summed E-state index contributed by atoms with van der Waals surface area (Å²) < 4.78 is 0. The number of hydrogen-bond donors (Lipinski definition) is 1. The van der Waals surface area contributed by atoms with Crippen molar-refractivity contribution in [3.63, 3.8) is 0 Å². The molecule has 0 aromatic carbocycles. The Morgan fingerprint density at radius 2 is 2.25 bits per heavy atom. The van der Waals surface area contributed by atoms with Crippen LogP contribution in [0.4, 0.5) is 5.82 Å². The van der Waals surface area contributed by atoms with Gasteiger partial charge in [-0.15, -0.1) is 0 Å². The van der Waals surface area contributed by atoms with Gasteiger partial charge in [-0.1, -0.05) is 13.0 Å².